The largest absolute Gasteiger partial charge is 0.497 e. The van der Waals surface area contributed by atoms with Crippen molar-refractivity contribution in [1.82, 2.24) is 9.97 Å². The molecule has 4 aromatic carbocycles. The van der Waals surface area contributed by atoms with Crippen LogP contribution in [-0.2, 0) is 6.61 Å². The van der Waals surface area contributed by atoms with Gasteiger partial charge in [-0.2, -0.15) is 5.26 Å². The van der Waals surface area contributed by atoms with Crippen LogP contribution in [0, 0.1) is 14.9 Å². The van der Waals surface area contributed by atoms with Crippen LogP contribution in [0.15, 0.2) is 78.9 Å². The van der Waals surface area contributed by atoms with Crippen molar-refractivity contribution in [2.75, 3.05) is 7.11 Å². The van der Waals surface area contributed by atoms with E-state index < -0.39 is 0 Å². The summed E-state index contributed by atoms with van der Waals surface area (Å²) in [4.78, 5) is 7.77. The Morgan fingerprint density at radius 3 is 2.74 bits per heavy atom. The van der Waals surface area contributed by atoms with Crippen molar-refractivity contribution in [3.8, 4) is 17.6 Å². The van der Waals surface area contributed by atoms with Gasteiger partial charge in [0.1, 0.15) is 30.0 Å². The topological polar surface area (TPSA) is 70.9 Å². The molecule has 0 bridgehead atoms. The highest BCUT2D eigenvalue weighted by Crippen LogP contribution is 2.27. The fourth-order valence-electron chi connectivity index (χ4n) is 3.86. The van der Waals surface area contributed by atoms with Crippen LogP contribution >= 0.6 is 22.6 Å². The molecule has 0 aliphatic rings. The highest BCUT2D eigenvalue weighted by atomic mass is 127. The monoisotopic (exact) mass is 557 g/mol. The third-order valence-electron chi connectivity index (χ3n) is 5.59. The van der Waals surface area contributed by atoms with Crippen molar-refractivity contribution >= 4 is 56.0 Å². The number of nitriles is 1. The predicted octanol–water partition coefficient (Wildman–Crippen LogP) is 6.97. The molecule has 0 unspecified atom stereocenters. The Bertz CT molecular complexity index is 1580. The zero-order chi connectivity index (χ0) is 23.5. The minimum atomic E-state index is 0.454. The van der Waals surface area contributed by atoms with E-state index in [0.717, 1.165) is 37.2 Å². The van der Waals surface area contributed by atoms with Crippen molar-refractivity contribution in [2.24, 2.45) is 0 Å². The maximum absolute atomic E-state index is 9.76. The number of imidazole rings is 1. The number of allylic oxidation sites excluding steroid dienone is 1. The van der Waals surface area contributed by atoms with E-state index in [1.54, 1.807) is 7.11 Å². The molecule has 6 heteroatoms. The lowest BCUT2D eigenvalue weighted by molar-refractivity contribution is 0.305. The molecule has 0 aliphatic carbocycles. The Balaban J connectivity index is 1.37. The van der Waals surface area contributed by atoms with Gasteiger partial charge in [0.15, 0.2) is 0 Å². The third kappa shape index (κ3) is 4.47. The van der Waals surface area contributed by atoms with Gasteiger partial charge in [0.2, 0.25) is 0 Å². The van der Waals surface area contributed by atoms with E-state index in [-0.39, 0.29) is 0 Å². The Labute approximate surface area is 210 Å². The lowest BCUT2D eigenvalue weighted by atomic mass is 10.1. The smallest absolute Gasteiger partial charge is 0.149 e. The number of benzene rings is 4. The Hall–Kier alpha value is -3.83. The minimum Gasteiger partial charge on any atom is -0.497 e. The first kappa shape index (κ1) is 22.0. The number of rotatable bonds is 6. The van der Waals surface area contributed by atoms with Crippen molar-refractivity contribution in [3.05, 3.63) is 99.4 Å². The zero-order valence-electron chi connectivity index (χ0n) is 18.4. The molecule has 5 aromatic rings. The summed E-state index contributed by atoms with van der Waals surface area (Å²) in [6.07, 6.45) is 1.82. The Morgan fingerprint density at radius 1 is 1.06 bits per heavy atom. The van der Waals surface area contributed by atoms with E-state index in [1.165, 1.54) is 10.8 Å². The molecule has 34 heavy (non-hydrogen) atoms. The molecule has 0 fully saturated rings. The van der Waals surface area contributed by atoms with E-state index in [0.29, 0.717) is 18.0 Å². The van der Waals surface area contributed by atoms with Crippen LogP contribution in [0.1, 0.15) is 17.0 Å². The van der Waals surface area contributed by atoms with E-state index >= 15 is 0 Å². The van der Waals surface area contributed by atoms with Gasteiger partial charge in [-0.1, -0.05) is 48.5 Å². The Morgan fingerprint density at radius 2 is 1.91 bits per heavy atom. The van der Waals surface area contributed by atoms with Gasteiger partial charge in [0.05, 0.1) is 27.3 Å². The quantitative estimate of drug-likeness (QED) is 0.181. The second-order valence-corrected chi connectivity index (χ2v) is 8.92. The van der Waals surface area contributed by atoms with Crippen LogP contribution in [0.25, 0.3) is 33.5 Å². The molecule has 0 spiro atoms. The van der Waals surface area contributed by atoms with Crippen molar-refractivity contribution in [3.63, 3.8) is 0 Å². The number of ether oxygens (including phenoxy) is 2. The fraction of sp³-hybridized carbons (Fsp3) is 0.0714. The number of nitrogens with zero attached hydrogens (tertiary/aromatic N) is 2. The number of aromatic nitrogens is 2. The van der Waals surface area contributed by atoms with Crippen LogP contribution in [0.2, 0.25) is 0 Å². The summed E-state index contributed by atoms with van der Waals surface area (Å²) in [5.41, 5.74) is 4.10. The molecule has 0 aliphatic heterocycles. The number of halogens is 1. The molecular formula is C28H20IN3O2. The molecule has 0 atom stereocenters. The number of hydrogen-bond acceptors (Lipinski definition) is 4. The van der Waals surface area contributed by atoms with Crippen molar-refractivity contribution in [1.29, 1.82) is 5.26 Å². The number of aromatic amines is 1. The average Bonchev–Trinajstić information content (AvgIpc) is 3.30. The zero-order valence-corrected chi connectivity index (χ0v) is 20.5. The number of fused-ring (bicyclic) bond motifs is 2. The van der Waals surface area contributed by atoms with E-state index in [2.05, 4.69) is 69.0 Å². The van der Waals surface area contributed by atoms with E-state index in [1.807, 2.05) is 54.6 Å². The minimum absolute atomic E-state index is 0.454. The highest BCUT2D eigenvalue weighted by Gasteiger charge is 2.10. The molecular weight excluding hydrogens is 537 g/mol. The van der Waals surface area contributed by atoms with Crippen molar-refractivity contribution in [2.45, 2.75) is 6.61 Å². The number of methoxy groups -OCH3 is 1. The third-order valence-corrected chi connectivity index (χ3v) is 6.44. The molecule has 5 rings (SSSR count). The molecule has 1 N–H and O–H groups in total. The lowest BCUT2D eigenvalue weighted by Gasteiger charge is -2.11. The molecule has 1 aromatic heterocycles. The molecule has 1 heterocycles. The van der Waals surface area contributed by atoms with Gasteiger partial charge in [-0.3, -0.25) is 0 Å². The van der Waals surface area contributed by atoms with Gasteiger partial charge in [-0.05, 0) is 74.8 Å². The highest BCUT2D eigenvalue weighted by molar-refractivity contribution is 14.1. The molecule has 5 nitrogen and oxygen atoms in total. The molecule has 0 amide bonds. The summed E-state index contributed by atoms with van der Waals surface area (Å²) >= 11 is 2.27. The van der Waals surface area contributed by atoms with Gasteiger partial charge < -0.3 is 14.5 Å². The van der Waals surface area contributed by atoms with Crippen LogP contribution in [-0.4, -0.2) is 17.1 Å². The lowest BCUT2D eigenvalue weighted by Crippen LogP contribution is -1.98. The summed E-state index contributed by atoms with van der Waals surface area (Å²) in [7, 11) is 1.62. The van der Waals surface area contributed by atoms with Crippen LogP contribution in [0.3, 0.4) is 0 Å². The maximum Gasteiger partial charge on any atom is 0.149 e. The summed E-state index contributed by atoms with van der Waals surface area (Å²) in [6, 6.07) is 28.3. The number of nitrogens with one attached hydrogen (secondary N) is 1. The first-order valence-electron chi connectivity index (χ1n) is 10.7. The molecule has 0 radical (unpaired) electrons. The standard InChI is InChI=1S/C28H20IN3O2/c1-33-22-10-11-25-26(15-22)32-28(31-25)21(16-30)13-18-9-12-27(24(29)14-18)34-17-20-7-4-6-19-5-2-3-8-23(19)20/h2-15H,17H2,1H3,(H,31,32)/b21-13-. The second-order valence-electron chi connectivity index (χ2n) is 7.76. The molecule has 166 valence electrons. The second kappa shape index (κ2) is 9.57. The van der Waals surface area contributed by atoms with E-state index in [9.17, 15) is 5.26 Å². The Kier molecular flexibility index (Phi) is 6.19. The summed E-state index contributed by atoms with van der Waals surface area (Å²) in [5.74, 6) is 2.07. The fourth-order valence-corrected chi connectivity index (χ4v) is 4.56. The van der Waals surface area contributed by atoms with Crippen molar-refractivity contribution < 1.29 is 9.47 Å². The number of hydrogen-bond donors (Lipinski definition) is 1. The first-order chi connectivity index (χ1) is 16.6. The maximum atomic E-state index is 9.76. The van der Waals surface area contributed by atoms with Gasteiger partial charge in [-0.25, -0.2) is 4.98 Å². The molecule has 0 saturated heterocycles. The van der Waals surface area contributed by atoms with Gasteiger partial charge in [0.25, 0.3) is 0 Å². The predicted molar refractivity (Wildman–Crippen MR) is 144 cm³/mol. The average molecular weight is 557 g/mol. The van der Waals surface area contributed by atoms with Gasteiger partial charge in [0, 0.05) is 6.07 Å². The van der Waals surface area contributed by atoms with Crippen LogP contribution in [0.4, 0.5) is 0 Å². The van der Waals surface area contributed by atoms with E-state index in [4.69, 9.17) is 9.47 Å². The van der Waals surface area contributed by atoms with Crippen LogP contribution in [0.5, 0.6) is 11.5 Å². The van der Waals surface area contributed by atoms with Gasteiger partial charge >= 0.3 is 0 Å². The number of H-pyrrole nitrogens is 1. The van der Waals surface area contributed by atoms with Gasteiger partial charge in [-0.15, -0.1) is 0 Å². The van der Waals surface area contributed by atoms with Crippen LogP contribution < -0.4 is 9.47 Å². The normalized spacial score (nSPS) is 11.5. The summed E-state index contributed by atoms with van der Waals surface area (Å²) in [6.45, 7) is 0.485. The molecule has 0 saturated carbocycles. The summed E-state index contributed by atoms with van der Waals surface area (Å²) in [5, 5.41) is 12.2. The summed E-state index contributed by atoms with van der Waals surface area (Å²) < 4.78 is 12.4. The first-order valence-corrected chi connectivity index (χ1v) is 11.8. The SMILES string of the molecule is COc1ccc2nc(/C(C#N)=C\c3ccc(OCc4cccc5ccccc45)c(I)c3)[nH]c2c1.